The van der Waals surface area contributed by atoms with E-state index in [1.165, 1.54) is 22.1 Å². The van der Waals surface area contributed by atoms with Gasteiger partial charge in [-0.1, -0.05) is 48.5 Å². The van der Waals surface area contributed by atoms with Crippen LogP contribution in [0.4, 0.5) is 0 Å². The van der Waals surface area contributed by atoms with Crippen molar-refractivity contribution in [2.45, 2.75) is 13.5 Å². The van der Waals surface area contributed by atoms with Gasteiger partial charge in [-0.2, -0.15) is 5.10 Å². The molecule has 0 N–H and O–H groups in total. The van der Waals surface area contributed by atoms with Crippen LogP contribution in [0.2, 0.25) is 0 Å². The van der Waals surface area contributed by atoms with Gasteiger partial charge in [0.2, 0.25) is 0 Å². The van der Waals surface area contributed by atoms with Gasteiger partial charge in [0.15, 0.2) is 5.78 Å². The maximum atomic E-state index is 12.1. The predicted molar refractivity (Wildman–Crippen MR) is 81.0 cm³/mol. The first-order valence-corrected chi connectivity index (χ1v) is 6.76. The monoisotopic (exact) mass is 277 g/mol. The summed E-state index contributed by atoms with van der Waals surface area (Å²) >= 11 is 0. The van der Waals surface area contributed by atoms with Crippen molar-refractivity contribution < 1.29 is 4.79 Å². The summed E-state index contributed by atoms with van der Waals surface area (Å²) in [5, 5.41) is 3.94. The van der Waals surface area contributed by atoms with E-state index in [-0.39, 0.29) is 12.3 Å². The van der Waals surface area contributed by atoms with Crippen LogP contribution >= 0.6 is 0 Å². The molecule has 3 aromatic rings. The van der Waals surface area contributed by atoms with Gasteiger partial charge in [-0.25, -0.2) is 9.67 Å². The van der Waals surface area contributed by atoms with Gasteiger partial charge >= 0.3 is 0 Å². The molecule has 104 valence electrons. The van der Waals surface area contributed by atoms with Crippen LogP contribution < -0.4 is 0 Å². The molecule has 0 unspecified atom stereocenters. The van der Waals surface area contributed by atoms with E-state index in [1.54, 1.807) is 6.33 Å². The standard InChI is InChI=1S/C17H15N3O/c1-13-4-2-3-5-16(13)14-6-8-15(9-7-14)17(21)10-20-12-18-11-19-20/h2-9,11-12H,10H2,1H3. The molecule has 2 aromatic carbocycles. The number of nitrogens with zero attached hydrogens (tertiary/aromatic N) is 3. The summed E-state index contributed by atoms with van der Waals surface area (Å²) in [5.41, 5.74) is 4.21. The average molecular weight is 277 g/mol. The first-order chi connectivity index (χ1) is 10.2. The van der Waals surface area contributed by atoms with Crippen molar-refractivity contribution in [1.82, 2.24) is 14.8 Å². The summed E-state index contributed by atoms with van der Waals surface area (Å²) in [6.07, 6.45) is 2.97. The third-order valence-electron chi connectivity index (χ3n) is 3.44. The van der Waals surface area contributed by atoms with E-state index < -0.39 is 0 Å². The second-order valence-electron chi connectivity index (χ2n) is 4.91. The minimum absolute atomic E-state index is 0.0248. The van der Waals surface area contributed by atoms with Crippen LogP contribution in [0.5, 0.6) is 0 Å². The smallest absolute Gasteiger partial charge is 0.184 e. The second-order valence-corrected chi connectivity index (χ2v) is 4.91. The Morgan fingerprint density at radius 3 is 2.52 bits per heavy atom. The molecule has 4 nitrogen and oxygen atoms in total. The van der Waals surface area contributed by atoms with E-state index in [0.29, 0.717) is 5.56 Å². The van der Waals surface area contributed by atoms with Crippen LogP contribution in [0.1, 0.15) is 15.9 Å². The number of hydrogen-bond donors (Lipinski definition) is 0. The van der Waals surface area contributed by atoms with Crippen molar-refractivity contribution in [2.75, 3.05) is 0 Å². The molecule has 0 bridgehead atoms. The van der Waals surface area contributed by atoms with Crippen molar-refractivity contribution in [2.24, 2.45) is 0 Å². The summed E-state index contributed by atoms with van der Waals surface area (Å²) in [5.74, 6) is 0.0248. The average Bonchev–Trinajstić information content (AvgIpc) is 3.01. The Bertz CT molecular complexity index is 746. The third-order valence-corrected chi connectivity index (χ3v) is 3.44. The third kappa shape index (κ3) is 2.89. The lowest BCUT2D eigenvalue weighted by atomic mass is 9.99. The van der Waals surface area contributed by atoms with Crippen molar-refractivity contribution >= 4 is 5.78 Å². The molecule has 0 amide bonds. The fourth-order valence-corrected chi connectivity index (χ4v) is 2.29. The maximum absolute atomic E-state index is 12.1. The van der Waals surface area contributed by atoms with E-state index in [4.69, 9.17) is 0 Å². The summed E-state index contributed by atoms with van der Waals surface area (Å²) in [6.45, 7) is 2.29. The van der Waals surface area contributed by atoms with Crippen molar-refractivity contribution in [1.29, 1.82) is 0 Å². The van der Waals surface area contributed by atoms with Crippen LogP contribution in [0.25, 0.3) is 11.1 Å². The molecule has 0 aliphatic rings. The Morgan fingerprint density at radius 2 is 1.86 bits per heavy atom. The number of carbonyl (C=O) groups is 1. The molecule has 0 atom stereocenters. The minimum atomic E-state index is 0.0248. The molecule has 0 aliphatic carbocycles. The zero-order valence-electron chi connectivity index (χ0n) is 11.7. The maximum Gasteiger partial charge on any atom is 0.184 e. The van der Waals surface area contributed by atoms with Gasteiger partial charge < -0.3 is 0 Å². The van der Waals surface area contributed by atoms with E-state index in [2.05, 4.69) is 29.1 Å². The predicted octanol–water partition coefficient (Wildman–Crippen LogP) is 3.14. The molecule has 0 aliphatic heterocycles. The van der Waals surface area contributed by atoms with E-state index in [0.717, 1.165) is 5.56 Å². The quantitative estimate of drug-likeness (QED) is 0.688. The molecule has 0 spiro atoms. The molecule has 0 saturated heterocycles. The normalized spacial score (nSPS) is 10.5. The van der Waals surface area contributed by atoms with Crippen LogP contribution in [-0.4, -0.2) is 20.5 Å². The summed E-state index contributed by atoms with van der Waals surface area (Å²) in [7, 11) is 0. The van der Waals surface area contributed by atoms with E-state index in [9.17, 15) is 4.79 Å². The summed E-state index contributed by atoms with van der Waals surface area (Å²) in [4.78, 5) is 16.0. The molecule has 1 aromatic heterocycles. The largest absolute Gasteiger partial charge is 0.292 e. The molecular weight excluding hydrogens is 262 g/mol. The van der Waals surface area contributed by atoms with Crippen molar-refractivity contribution in [3.63, 3.8) is 0 Å². The van der Waals surface area contributed by atoms with Gasteiger partial charge in [-0.15, -0.1) is 0 Å². The molecule has 21 heavy (non-hydrogen) atoms. The Kier molecular flexibility index (Phi) is 3.60. The highest BCUT2D eigenvalue weighted by Gasteiger charge is 2.08. The van der Waals surface area contributed by atoms with Crippen LogP contribution in [0.15, 0.2) is 61.2 Å². The van der Waals surface area contributed by atoms with Crippen molar-refractivity contribution in [3.8, 4) is 11.1 Å². The van der Waals surface area contributed by atoms with Crippen molar-refractivity contribution in [3.05, 3.63) is 72.3 Å². The SMILES string of the molecule is Cc1ccccc1-c1ccc(C(=O)Cn2cncn2)cc1. The Balaban J connectivity index is 1.81. The number of aromatic nitrogens is 3. The highest BCUT2D eigenvalue weighted by molar-refractivity contribution is 5.96. The van der Waals surface area contributed by atoms with Gasteiger partial charge in [0.25, 0.3) is 0 Å². The lowest BCUT2D eigenvalue weighted by Gasteiger charge is -2.07. The number of Topliss-reactive ketones (excluding diaryl/α,β-unsaturated/α-hetero) is 1. The van der Waals surface area contributed by atoms with Gasteiger partial charge in [0.1, 0.15) is 19.2 Å². The Morgan fingerprint density at radius 1 is 1.10 bits per heavy atom. The number of carbonyl (C=O) groups excluding carboxylic acids is 1. The second kappa shape index (κ2) is 5.71. The topological polar surface area (TPSA) is 47.8 Å². The lowest BCUT2D eigenvalue weighted by molar-refractivity contribution is 0.0967. The molecule has 0 radical (unpaired) electrons. The number of benzene rings is 2. The first kappa shape index (κ1) is 13.2. The van der Waals surface area contributed by atoms with Gasteiger partial charge in [0.05, 0.1) is 0 Å². The first-order valence-electron chi connectivity index (χ1n) is 6.76. The van der Waals surface area contributed by atoms with Gasteiger partial charge in [0, 0.05) is 5.56 Å². The molecule has 4 heteroatoms. The van der Waals surface area contributed by atoms with Crippen LogP contribution in [0.3, 0.4) is 0 Å². The van der Waals surface area contributed by atoms with Crippen LogP contribution in [0, 0.1) is 6.92 Å². The summed E-state index contributed by atoms with van der Waals surface area (Å²) in [6, 6.07) is 15.9. The molecule has 0 saturated carbocycles. The highest BCUT2D eigenvalue weighted by atomic mass is 16.1. The number of ketones is 1. The number of hydrogen-bond acceptors (Lipinski definition) is 3. The van der Waals surface area contributed by atoms with Crippen LogP contribution in [-0.2, 0) is 6.54 Å². The fraction of sp³-hybridized carbons (Fsp3) is 0.118. The van der Waals surface area contributed by atoms with E-state index in [1.807, 2.05) is 36.4 Å². The summed E-state index contributed by atoms with van der Waals surface area (Å²) < 4.78 is 1.53. The molecule has 3 rings (SSSR count). The number of rotatable bonds is 4. The Labute approximate surface area is 123 Å². The highest BCUT2D eigenvalue weighted by Crippen LogP contribution is 2.23. The van der Waals surface area contributed by atoms with Gasteiger partial charge in [-0.05, 0) is 23.6 Å². The van der Waals surface area contributed by atoms with Gasteiger partial charge in [-0.3, -0.25) is 4.79 Å². The Hall–Kier alpha value is -2.75. The lowest BCUT2D eigenvalue weighted by Crippen LogP contribution is -2.10. The fourth-order valence-electron chi connectivity index (χ4n) is 2.29. The zero-order chi connectivity index (χ0) is 14.7. The number of aryl methyl sites for hydroxylation is 1. The minimum Gasteiger partial charge on any atom is -0.292 e. The molecule has 1 heterocycles. The molecule has 0 fully saturated rings. The zero-order valence-corrected chi connectivity index (χ0v) is 11.7. The van der Waals surface area contributed by atoms with E-state index >= 15 is 0 Å². The molecular formula is C17H15N3O.